The molecule has 4 heteroatoms. The van der Waals surface area contributed by atoms with Crippen LogP contribution in [0.15, 0.2) is 30.1 Å². The molecule has 2 N–H and O–H groups in total. The first-order chi connectivity index (χ1) is 5.97. The lowest BCUT2D eigenvalue weighted by molar-refractivity contribution is 0.386. The Morgan fingerprint density at radius 1 is 1.23 bits per heavy atom. The number of hydrogen-bond donors (Lipinski definition) is 2. The molecule has 0 spiro atoms. The molecule has 0 aliphatic rings. The second-order valence-corrected chi connectivity index (χ2v) is 4.29. The largest absolute Gasteiger partial charge is 0.349 e. The van der Waals surface area contributed by atoms with Crippen molar-refractivity contribution in [1.82, 2.24) is 0 Å². The van der Waals surface area contributed by atoms with E-state index in [-0.39, 0.29) is 0 Å². The van der Waals surface area contributed by atoms with E-state index in [1.165, 1.54) is 6.08 Å². The monoisotopic (exact) mass is 198 g/mol. The van der Waals surface area contributed by atoms with Gasteiger partial charge in [0.05, 0.1) is 0 Å². The van der Waals surface area contributed by atoms with E-state index in [4.69, 9.17) is 9.79 Å². The van der Waals surface area contributed by atoms with Crippen LogP contribution in [0.1, 0.15) is 11.1 Å². The van der Waals surface area contributed by atoms with Crippen LogP contribution >= 0.6 is 7.60 Å². The minimum Gasteiger partial charge on any atom is -0.321 e. The number of benzene rings is 1. The summed E-state index contributed by atoms with van der Waals surface area (Å²) < 4.78 is 10.5. The van der Waals surface area contributed by atoms with E-state index in [9.17, 15) is 4.57 Å². The summed E-state index contributed by atoms with van der Waals surface area (Å²) in [6.07, 6.45) is 1.42. The van der Waals surface area contributed by atoms with Crippen LogP contribution in [0.4, 0.5) is 0 Å². The van der Waals surface area contributed by atoms with E-state index in [0.29, 0.717) is 0 Å². The highest BCUT2D eigenvalue weighted by atomic mass is 31.2. The van der Waals surface area contributed by atoms with Crippen LogP contribution in [0, 0.1) is 6.92 Å². The van der Waals surface area contributed by atoms with Gasteiger partial charge in [-0.05, 0) is 18.6 Å². The molecule has 1 rings (SSSR count). The van der Waals surface area contributed by atoms with E-state index in [2.05, 4.69) is 0 Å². The van der Waals surface area contributed by atoms with E-state index >= 15 is 0 Å². The molecule has 1 aromatic carbocycles. The quantitative estimate of drug-likeness (QED) is 0.716. The van der Waals surface area contributed by atoms with E-state index in [1.54, 1.807) is 0 Å². The number of aryl methyl sites for hydroxylation is 1. The summed E-state index contributed by atoms with van der Waals surface area (Å²) in [5.41, 5.74) is 1.90. The Bertz CT molecular complexity index is 348. The van der Waals surface area contributed by atoms with Gasteiger partial charge in [0.1, 0.15) is 0 Å². The van der Waals surface area contributed by atoms with Crippen molar-refractivity contribution >= 4 is 13.7 Å². The minimum absolute atomic E-state index is 0.786. The Morgan fingerprint density at radius 3 is 2.23 bits per heavy atom. The first-order valence-electron chi connectivity index (χ1n) is 3.78. The highest BCUT2D eigenvalue weighted by Gasteiger charge is 2.04. The maximum absolute atomic E-state index is 10.5. The molecule has 0 fully saturated rings. The van der Waals surface area contributed by atoms with Gasteiger partial charge < -0.3 is 9.79 Å². The van der Waals surface area contributed by atoms with Crippen LogP contribution in [-0.2, 0) is 4.57 Å². The summed E-state index contributed by atoms with van der Waals surface area (Å²) in [7, 11) is -4.02. The summed E-state index contributed by atoms with van der Waals surface area (Å²) in [4.78, 5) is 17.1. The molecular formula is C9H11O3P. The molecule has 13 heavy (non-hydrogen) atoms. The van der Waals surface area contributed by atoms with Crippen LogP contribution in [0.2, 0.25) is 0 Å². The minimum atomic E-state index is -4.02. The zero-order valence-corrected chi connectivity index (χ0v) is 8.11. The zero-order valence-electron chi connectivity index (χ0n) is 7.21. The first kappa shape index (κ1) is 10.2. The van der Waals surface area contributed by atoms with Gasteiger partial charge in [-0.3, -0.25) is 4.57 Å². The van der Waals surface area contributed by atoms with Gasteiger partial charge in [0.25, 0.3) is 0 Å². The standard InChI is InChI=1S/C9H11O3P/c1-8-2-4-9(5-3-8)6-7-13(10,11)12/h2-7H,1H3,(H2,10,11,12)/b7-6+. The van der Waals surface area contributed by atoms with Crippen molar-refractivity contribution in [2.45, 2.75) is 6.92 Å². The predicted octanol–water partition coefficient (Wildman–Crippen LogP) is 2.14. The molecule has 1 aromatic rings. The summed E-state index contributed by atoms with van der Waals surface area (Å²) in [6, 6.07) is 7.39. The third-order valence-electron chi connectivity index (χ3n) is 1.54. The van der Waals surface area contributed by atoms with Gasteiger partial charge >= 0.3 is 7.60 Å². The van der Waals surface area contributed by atoms with Gasteiger partial charge in [-0.1, -0.05) is 29.8 Å². The Morgan fingerprint density at radius 2 is 1.77 bits per heavy atom. The van der Waals surface area contributed by atoms with Crippen LogP contribution < -0.4 is 0 Å². The Kier molecular flexibility index (Phi) is 3.04. The molecule has 0 bridgehead atoms. The summed E-state index contributed by atoms with van der Waals surface area (Å²) in [5.74, 6) is 0.900. The Balaban J connectivity index is 2.81. The lowest BCUT2D eigenvalue weighted by Gasteiger charge is -1.96. The first-order valence-corrected chi connectivity index (χ1v) is 5.47. The fraction of sp³-hybridized carbons (Fsp3) is 0.111. The second-order valence-electron chi connectivity index (χ2n) is 2.82. The summed E-state index contributed by atoms with van der Waals surface area (Å²) >= 11 is 0. The Hall–Kier alpha value is -0.890. The van der Waals surface area contributed by atoms with Gasteiger partial charge in [0.2, 0.25) is 0 Å². The van der Waals surface area contributed by atoms with Crippen molar-refractivity contribution in [2.75, 3.05) is 0 Å². The zero-order chi connectivity index (χ0) is 9.90. The van der Waals surface area contributed by atoms with Crippen molar-refractivity contribution < 1.29 is 14.4 Å². The molecule has 0 saturated heterocycles. The molecule has 0 atom stereocenters. The number of hydrogen-bond acceptors (Lipinski definition) is 1. The van der Waals surface area contributed by atoms with Crippen LogP contribution in [0.5, 0.6) is 0 Å². The fourth-order valence-corrected chi connectivity index (χ4v) is 1.23. The third kappa shape index (κ3) is 4.04. The van der Waals surface area contributed by atoms with Gasteiger partial charge in [0, 0.05) is 5.82 Å². The average molecular weight is 198 g/mol. The Labute approximate surface area is 76.9 Å². The van der Waals surface area contributed by atoms with Gasteiger partial charge in [-0.15, -0.1) is 0 Å². The molecule has 0 radical (unpaired) electrons. The lowest BCUT2D eigenvalue weighted by atomic mass is 10.2. The third-order valence-corrected chi connectivity index (χ3v) is 2.08. The molecule has 0 unspecified atom stereocenters. The lowest BCUT2D eigenvalue weighted by Crippen LogP contribution is -1.74. The molecular weight excluding hydrogens is 187 g/mol. The van der Waals surface area contributed by atoms with Gasteiger partial charge in [-0.2, -0.15) is 0 Å². The molecule has 0 amide bonds. The molecule has 0 heterocycles. The molecule has 0 saturated carbocycles. The smallest absolute Gasteiger partial charge is 0.321 e. The molecule has 0 aromatic heterocycles. The molecule has 0 aliphatic carbocycles. The van der Waals surface area contributed by atoms with Crippen molar-refractivity contribution in [1.29, 1.82) is 0 Å². The number of rotatable bonds is 2. The highest BCUT2D eigenvalue weighted by molar-refractivity contribution is 7.55. The van der Waals surface area contributed by atoms with Crippen LogP contribution in [-0.4, -0.2) is 9.79 Å². The summed E-state index contributed by atoms with van der Waals surface area (Å²) in [6.45, 7) is 1.95. The SMILES string of the molecule is Cc1ccc(/C=C/P(=O)(O)O)cc1. The normalized spacial score (nSPS) is 12.2. The molecule has 0 aliphatic heterocycles. The highest BCUT2D eigenvalue weighted by Crippen LogP contribution is 2.36. The van der Waals surface area contributed by atoms with Crippen LogP contribution in [0.25, 0.3) is 6.08 Å². The maximum Gasteiger partial charge on any atom is 0.349 e. The predicted molar refractivity (Wildman–Crippen MR) is 52.3 cm³/mol. The van der Waals surface area contributed by atoms with Crippen LogP contribution in [0.3, 0.4) is 0 Å². The van der Waals surface area contributed by atoms with E-state index in [1.807, 2.05) is 31.2 Å². The van der Waals surface area contributed by atoms with E-state index in [0.717, 1.165) is 16.9 Å². The molecule has 3 nitrogen and oxygen atoms in total. The van der Waals surface area contributed by atoms with Crippen molar-refractivity contribution in [3.63, 3.8) is 0 Å². The average Bonchev–Trinajstić information content (AvgIpc) is 2.02. The fourth-order valence-electron chi connectivity index (χ4n) is 0.861. The van der Waals surface area contributed by atoms with Crippen molar-refractivity contribution in [2.24, 2.45) is 0 Å². The topological polar surface area (TPSA) is 57.5 Å². The summed E-state index contributed by atoms with van der Waals surface area (Å²) in [5, 5.41) is 0. The van der Waals surface area contributed by atoms with E-state index < -0.39 is 7.60 Å². The van der Waals surface area contributed by atoms with Crippen molar-refractivity contribution in [3.05, 3.63) is 41.2 Å². The van der Waals surface area contributed by atoms with Gasteiger partial charge in [-0.25, -0.2) is 0 Å². The van der Waals surface area contributed by atoms with Gasteiger partial charge in [0.15, 0.2) is 0 Å². The van der Waals surface area contributed by atoms with Crippen molar-refractivity contribution in [3.8, 4) is 0 Å². The molecule has 70 valence electrons. The maximum atomic E-state index is 10.5. The second kappa shape index (κ2) is 3.88.